The highest BCUT2D eigenvalue weighted by Gasteiger charge is 2.51. The van der Waals surface area contributed by atoms with Crippen molar-refractivity contribution in [3.8, 4) is 11.5 Å². The fourth-order valence-corrected chi connectivity index (χ4v) is 8.81. The molecule has 5 rings (SSSR count). The van der Waals surface area contributed by atoms with Gasteiger partial charge in [0, 0.05) is 25.1 Å². The van der Waals surface area contributed by atoms with E-state index < -0.39 is 59.1 Å². The number of ether oxygens (including phenoxy) is 1. The second-order valence-electron chi connectivity index (χ2n) is 9.30. The molecule has 41 heavy (non-hydrogen) atoms. The van der Waals surface area contributed by atoms with Gasteiger partial charge in [0.05, 0.1) is 28.6 Å². The van der Waals surface area contributed by atoms with Gasteiger partial charge in [-0.2, -0.15) is 25.9 Å². The summed E-state index contributed by atoms with van der Waals surface area (Å²) >= 11 is 0. The summed E-state index contributed by atoms with van der Waals surface area (Å²) in [5, 5.41) is 0. The van der Waals surface area contributed by atoms with Gasteiger partial charge in [-0.3, -0.25) is 4.31 Å². The third kappa shape index (κ3) is 5.02. The van der Waals surface area contributed by atoms with E-state index in [1.165, 1.54) is 40.7 Å². The van der Waals surface area contributed by atoms with Crippen molar-refractivity contribution in [1.82, 2.24) is 4.31 Å². The standard InChI is InChI=1S/C25H23F3N2O8S3/c1-37-23-15-22-19(14-24(23)38-41(35,36)25(26,27)28)20-16-29(39(31,32)17-8-4-2-5-9-17)13-12-21(20)30(22)40(33,34)18-10-6-3-7-11-18/h2-11,14-15,20-21H,12-13,16H2,1H3. The second-order valence-corrected chi connectivity index (χ2v) is 14.6. The molecular weight excluding hydrogens is 609 g/mol. The lowest BCUT2D eigenvalue weighted by molar-refractivity contribution is -0.0500. The predicted molar refractivity (Wildman–Crippen MR) is 141 cm³/mol. The van der Waals surface area contributed by atoms with Gasteiger partial charge in [0.2, 0.25) is 10.0 Å². The number of hydrogen-bond donors (Lipinski definition) is 0. The summed E-state index contributed by atoms with van der Waals surface area (Å²) in [7, 11) is -13.3. The van der Waals surface area contributed by atoms with E-state index in [0.29, 0.717) is 0 Å². The van der Waals surface area contributed by atoms with E-state index >= 15 is 0 Å². The van der Waals surface area contributed by atoms with Crippen LogP contribution in [0.3, 0.4) is 0 Å². The summed E-state index contributed by atoms with van der Waals surface area (Å²) in [6, 6.07) is 16.2. The molecule has 0 N–H and O–H groups in total. The van der Waals surface area contributed by atoms with Gasteiger partial charge in [0.25, 0.3) is 10.0 Å². The van der Waals surface area contributed by atoms with Crippen molar-refractivity contribution in [2.75, 3.05) is 24.5 Å². The largest absolute Gasteiger partial charge is 0.534 e. The average Bonchev–Trinajstić information content (AvgIpc) is 3.26. The molecule has 0 bridgehead atoms. The van der Waals surface area contributed by atoms with Crippen molar-refractivity contribution in [3.05, 3.63) is 78.4 Å². The van der Waals surface area contributed by atoms with Crippen molar-refractivity contribution >= 4 is 35.9 Å². The van der Waals surface area contributed by atoms with Crippen molar-refractivity contribution in [1.29, 1.82) is 0 Å². The quantitative estimate of drug-likeness (QED) is 0.285. The molecule has 220 valence electrons. The lowest BCUT2D eigenvalue weighted by Gasteiger charge is -2.37. The number of methoxy groups -OCH3 is 1. The molecule has 0 spiro atoms. The summed E-state index contributed by atoms with van der Waals surface area (Å²) in [6.07, 6.45) is 0.0385. The van der Waals surface area contributed by atoms with Crippen LogP contribution in [0.4, 0.5) is 18.9 Å². The number of halogens is 3. The van der Waals surface area contributed by atoms with Crippen molar-refractivity contribution in [2.45, 2.75) is 33.7 Å². The fraction of sp³-hybridized carbons (Fsp3) is 0.280. The molecule has 2 aliphatic rings. The molecule has 1 saturated heterocycles. The Balaban J connectivity index is 1.65. The molecule has 2 unspecified atom stereocenters. The van der Waals surface area contributed by atoms with Crippen molar-refractivity contribution < 1.29 is 47.3 Å². The van der Waals surface area contributed by atoms with Gasteiger partial charge in [0.1, 0.15) is 0 Å². The third-order valence-electron chi connectivity index (χ3n) is 6.95. The van der Waals surface area contributed by atoms with E-state index in [1.807, 2.05) is 0 Å². The molecule has 0 saturated carbocycles. The maximum absolute atomic E-state index is 13.9. The van der Waals surface area contributed by atoms with Gasteiger partial charge in [-0.05, 0) is 42.3 Å². The number of alkyl halides is 3. The zero-order valence-corrected chi connectivity index (χ0v) is 23.7. The topological polar surface area (TPSA) is 127 Å². The highest BCUT2D eigenvalue weighted by atomic mass is 32.2. The number of benzene rings is 3. The molecule has 3 aromatic carbocycles. The first kappa shape index (κ1) is 29.2. The number of rotatable bonds is 7. The molecule has 0 radical (unpaired) electrons. The van der Waals surface area contributed by atoms with Gasteiger partial charge >= 0.3 is 15.6 Å². The molecule has 10 nitrogen and oxygen atoms in total. The van der Waals surface area contributed by atoms with E-state index in [9.17, 15) is 38.4 Å². The van der Waals surface area contributed by atoms with Crippen LogP contribution in [0.2, 0.25) is 0 Å². The summed E-state index contributed by atoms with van der Waals surface area (Å²) in [5.74, 6) is -2.15. The molecule has 0 amide bonds. The zero-order chi connectivity index (χ0) is 29.8. The third-order valence-corrected chi connectivity index (χ3v) is 11.7. The lowest BCUT2D eigenvalue weighted by atomic mass is 9.90. The maximum Gasteiger partial charge on any atom is 0.534 e. The summed E-state index contributed by atoms with van der Waals surface area (Å²) < 4.78 is 129. The van der Waals surface area contributed by atoms with Crippen molar-refractivity contribution in [2.24, 2.45) is 0 Å². The number of anilines is 1. The van der Waals surface area contributed by atoms with Crippen LogP contribution < -0.4 is 13.2 Å². The Morgan fingerprint density at radius 1 is 0.805 bits per heavy atom. The Bertz CT molecular complexity index is 1780. The minimum Gasteiger partial charge on any atom is -0.493 e. The first-order chi connectivity index (χ1) is 19.2. The van der Waals surface area contributed by atoms with Gasteiger partial charge in [0.15, 0.2) is 11.5 Å². The Labute approximate surface area is 235 Å². The first-order valence-electron chi connectivity index (χ1n) is 12.1. The molecule has 0 aliphatic carbocycles. The molecule has 2 aliphatic heterocycles. The average molecular weight is 633 g/mol. The van der Waals surface area contributed by atoms with E-state index in [4.69, 9.17) is 4.74 Å². The highest BCUT2D eigenvalue weighted by Crippen LogP contribution is 2.52. The van der Waals surface area contributed by atoms with Gasteiger partial charge < -0.3 is 8.92 Å². The summed E-state index contributed by atoms with van der Waals surface area (Å²) in [4.78, 5) is -0.0506. The van der Waals surface area contributed by atoms with Gasteiger partial charge in [-0.15, -0.1) is 0 Å². The molecular formula is C25H23F3N2O8S3. The van der Waals surface area contributed by atoms with Crippen LogP contribution in [0.5, 0.6) is 11.5 Å². The summed E-state index contributed by atoms with van der Waals surface area (Å²) in [6.45, 7) is -0.274. The van der Waals surface area contributed by atoms with Crippen LogP contribution in [0, 0.1) is 0 Å². The fourth-order valence-electron chi connectivity index (χ4n) is 5.09. The Kier molecular flexibility index (Phi) is 7.24. The molecule has 1 fully saturated rings. The van der Waals surface area contributed by atoms with Crippen LogP contribution in [-0.4, -0.2) is 61.3 Å². The normalized spacial score (nSPS) is 19.9. The van der Waals surface area contributed by atoms with E-state index in [0.717, 1.165) is 23.5 Å². The zero-order valence-electron chi connectivity index (χ0n) is 21.2. The molecule has 16 heteroatoms. The molecule has 2 atom stereocenters. The molecule has 3 aromatic rings. The number of fused-ring (bicyclic) bond motifs is 3. The van der Waals surface area contributed by atoms with Gasteiger partial charge in [-0.1, -0.05) is 36.4 Å². The summed E-state index contributed by atoms with van der Waals surface area (Å²) in [5.41, 5.74) is -5.64. The van der Waals surface area contributed by atoms with Crippen molar-refractivity contribution in [3.63, 3.8) is 0 Å². The van der Waals surface area contributed by atoms with Crippen LogP contribution >= 0.6 is 0 Å². The van der Waals surface area contributed by atoms with E-state index in [-0.39, 0.29) is 40.6 Å². The maximum atomic E-state index is 13.9. The van der Waals surface area contributed by atoms with E-state index in [2.05, 4.69) is 4.18 Å². The van der Waals surface area contributed by atoms with Crippen LogP contribution in [0.1, 0.15) is 17.9 Å². The van der Waals surface area contributed by atoms with E-state index in [1.54, 1.807) is 24.3 Å². The Hall–Kier alpha value is -3.34. The molecule has 2 heterocycles. The number of nitrogens with zero attached hydrogens (tertiary/aromatic N) is 2. The molecule has 0 aromatic heterocycles. The Morgan fingerprint density at radius 3 is 1.90 bits per heavy atom. The van der Waals surface area contributed by atoms with Crippen LogP contribution in [-0.2, 0) is 30.2 Å². The minimum absolute atomic E-state index is 0.0106. The number of piperidine rings is 1. The Morgan fingerprint density at radius 2 is 1.37 bits per heavy atom. The monoisotopic (exact) mass is 632 g/mol. The minimum atomic E-state index is -6.10. The smallest absolute Gasteiger partial charge is 0.493 e. The lowest BCUT2D eigenvalue weighted by Crippen LogP contribution is -2.49. The van der Waals surface area contributed by atoms with Gasteiger partial charge in [-0.25, -0.2) is 16.8 Å². The second kappa shape index (κ2) is 10.2. The van der Waals surface area contributed by atoms with Crippen LogP contribution in [0.15, 0.2) is 82.6 Å². The predicted octanol–water partition coefficient (Wildman–Crippen LogP) is 3.68. The number of hydrogen-bond acceptors (Lipinski definition) is 8. The highest BCUT2D eigenvalue weighted by molar-refractivity contribution is 7.93. The SMILES string of the molecule is COc1cc2c(cc1OS(=O)(=O)C(F)(F)F)C1CN(S(=O)(=O)c3ccccc3)CCC1N2S(=O)(=O)c1ccccc1. The number of sulfonamides is 2. The van der Waals surface area contributed by atoms with Crippen LogP contribution in [0.25, 0.3) is 0 Å². The first-order valence-corrected chi connectivity index (χ1v) is 16.3.